The van der Waals surface area contributed by atoms with Crippen molar-refractivity contribution in [1.29, 1.82) is 0 Å². The predicted molar refractivity (Wildman–Crippen MR) is 86.9 cm³/mol. The second kappa shape index (κ2) is 6.10. The molecule has 2 aromatic heterocycles. The highest BCUT2D eigenvalue weighted by Gasteiger charge is 2.39. The Morgan fingerprint density at radius 1 is 1.39 bits per heavy atom. The molecular formula is C15H18N2O4S2. The van der Waals surface area contributed by atoms with Gasteiger partial charge in [-0.3, -0.25) is 0 Å². The van der Waals surface area contributed by atoms with Gasteiger partial charge >= 0.3 is 5.97 Å². The average molecular weight is 354 g/mol. The number of carbonyl (C=O) groups is 1. The maximum absolute atomic E-state index is 13.1. The van der Waals surface area contributed by atoms with E-state index in [4.69, 9.17) is 4.74 Å². The minimum absolute atomic E-state index is 0.0375. The summed E-state index contributed by atoms with van der Waals surface area (Å²) in [5, 5.41) is 1.60. The Morgan fingerprint density at radius 3 is 2.83 bits per heavy atom. The largest absolute Gasteiger partial charge is 0.465 e. The lowest BCUT2D eigenvalue weighted by Gasteiger charge is -2.24. The smallest absolute Gasteiger partial charge is 0.349 e. The molecule has 2 aromatic rings. The van der Waals surface area contributed by atoms with Gasteiger partial charge in [0.05, 0.1) is 13.2 Å². The molecule has 1 saturated heterocycles. The number of rotatable bonds is 4. The van der Waals surface area contributed by atoms with Crippen LogP contribution in [0.15, 0.2) is 34.7 Å². The van der Waals surface area contributed by atoms with Crippen molar-refractivity contribution in [3.8, 4) is 0 Å². The molecule has 1 aliphatic rings. The van der Waals surface area contributed by atoms with Gasteiger partial charge < -0.3 is 9.30 Å². The van der Waals surface area contributed by atoms with E-state index in [0.717, 1.165) is 29.9 Å². The first kappa shape index (κ1) is 16.2. The van der Waals surface area contributed by atoms with Gasteiger partial charge in [-0.1, -0.05) is 0 Å². The number of esters is 1. The monoisotopic (exact) mass is 354 g/mol. The van der Waals surface area contributed by atoms with E-state index in [1.54, 1.807) is 5.38 Å². The van der Waals surface area contributed by atoms with Crippen molar-refractivity contribution in [2.45, 2.75) is 23.8 Å². The molecule has 0 saturated carbocycles. The summed E-state index contributed by atoms with van der Waals surface area (Å²) >= 11 is 1.08. The van der Waals surface area contributed by atoms with Crippen LogP contribution in [0.5, 0.6) is 0 Å². The maximum atomic E-state index is 13.1. The fourth-order valence-corrected chi connectivity index (χ4v) is 5.99. The lowest BCUT2D eigenvalue weighted by Crippen LogP contribution is -2.32. The van der Waals surface area contributed by atoms with Crippen molar-refractivity contribution in [1.82, 2.24) is 8.87 Å². The molecule has 124 valence electrons. The van der Waals surface area contributed by atoms with Crippen LogP contribution in [0.1, 0.15) is 34.2 Å². The standard InChI is InChI=1S/C15H18N2O4S2/c1-16-8-3-5-11(16)12-6-4-9-17(12)23(19,20)13-7-10-22-14(13)15(18)21-2/h3,5,7-8,10,12H,4,6,9H2,1-2H3. The molecule has 0 bridgehead atoms. The molecule has 8 heteroatoms. The molecule has 1 aliphatic heterocycles. The lowest BCUT2D eigenvalue weighted by atomic mass is 10.1. The van der Waals surface area contributed by atoms with Gasteiger partial charge in [0.1, 0.15) is 9.77 Å². The van der Waals surface area contributed by atoms with Crippen LogP contribution in [-0.2, 0) is 21.8 Å². The molecular weight excluding hydrogens is 336 g/mol. The quantitative estimate of drug-likeness (QED) is 0.791. The zero-order valence-corrected chi connectivity index (χ0v) is 14.6. The molecule has 23 heavy (non-hydrogen) atoms. The van der Waals surface area contributed by atoms with Crippen LogP contribution in [0.2, 0.25) is 0 Å². The van der Waals surface area contributed by atoms with E-state index in [1.165, 1.54) is 17.5 Å². The third-order valence-electron chi connectivity index (χ3n) is 4.12. The summed E-state index contributed by atoms with van der Waals surface area (Å²) in [4.78, 5) is 12.0. The highest BCUT2D eigenvalue weighted by molar-refractivity contribution is 7.89. The van der Waals surface area contributed by atoms with Crippen LogP contribution < -0.4 is 0 Å². The Morgan fingerprint density at radius 2 is 2.17 bits per heavy atom. The Bertz CT molecular complexity index is 822. The maximum Gasteiger partial charge on any atom is 0.349 e. The molecule has 0 aliphatic carbocycles. The molecule has 1 atom stereocenters. The minimum atomic E-state index is -3.74. The van der Waals surface area contributed by atoms with E-state index in [2.05, 4.69) is 0 Å². The van der Waals surface area contributed by atoms with Crippen molar-refractivity contribution in [2.75, 3.05) is 13.7 Å². The Hall–Kier alpha value is -1.64. The van der Waals surface area contributed by atoms with Crippen molar-refractivity contribution >= 4 is 27.3 Å². The summed E-state index contributed by atoms with van der Waals surface area (Å²) in [6, 6.07) is 5.12. The molecule has 1 fully saturated rings. The van der Waals surface area contributed by atoms with E-state index < -0.39 is 16.0 Å². The van der Waals surface area contributed by atoms with E-state index >= 15 is 0 Å². The van der Waals surface area contributed by atoms with Crippen LogP contribution in [0.25, 0.3) is 0 Å². The fraction of sp³-hybridized carbons (Fsp3) is 0.400. The first-order valence-corrected chi connectivity index (χ1v) is 9.57. The van der Waals surface area contributed by atoms with Crippen molar-refractivity contribution in [3.05, 3.63) is 40.3 Å². The number of hydrogen-bond donors (Lipinski definition) is 0. The Labute approximate surface area is 139 Å². The molecule has 0 aromatic carbocycles. The second-order valence-corrected chi connectivity index (χ2v) is 8.20. The van der Waals surface area contributed by atoms with Gasteiger partial charge in [-0.15, -0.1) is 11.3 Å². The van der Waals surface area contributed by atoms with Gasteiger partial charge in [0.25, 0.3) is 0 Å². The molecule has 3 rings (SSSR count). The number of sulfonamides is 1. The van der Waals surface area contributed by atoms with E-state index in [0.29, 0.717) is 6.54 Å². The second-order valence-electron chi connectivity index (χ2n) is 5.42. The zero-order chi connectivity index (χ0) is 16.6. The summed E-state index contributed by atoms with van der Waals surface area (Å²) < 4.78 is 34.3. The van der Waals surface area contributed by atoms with Gasteiger partial charge in [0, 0.05) is 25.5 Å². The normalized spacial score (nSPS) is 19.1. The van der Waals surface area contributed by atoms with E-state index in [1.807, 2.05) is 29.9 Å². The van der Waals surface area contributed by atoms with Gasteiger partial charge in [0.15, 0.2) is 0 Å². The Kier molecular flexibility index (Phi) is 4.31. The topological polar surface area (TPSA) is 68.6 Å². The first-order valence-electron chi connectivity index (χ1n) is 7.25. The summed E-state index contributed by atoms with van der Waals surface area (Å²) in [7, 11) is -0.587. The van der Waals surface area contributed by atoms with Gasteiger partial charge in [0.2, 0.25) is 10.0 Å². The first-order chi connectivity index (χ1) is 11.0. The number of thiophene rings is 1. The molecule has 1 unspecified atom stereocenters. The van der Waals surface area contributed by atoms with Crippen molar-refractivity contribution in [2.24, 2.45) is 7.05 Å². The highest BCUT2D eigenvalue weighted by atomic mass is 32.2. The minimum Gasteiger partial charge on any atom is -0.465 e. The predicted octanol–water partition coefficient (Wildman–Crippen LogP) is 2.40. The highest BCUT2D eigenvalue weighted by Crippen LogP contribution is 2.38. The Balaban J connectivity index is 2.01. The number of hydrogen-bond acceptors (Lipinski definition) is 5. The van der Waals surface area contributed by atoms with Crippen LogP contribution in [0.4, 0.5) is 0 Å². The number of carbonyl (C=O) groups excluding carboxylic acids is 1. The summed E-state index contributed by atoms with van der Waals surface area (Å²) in [5.41, 5.74) is 0.959. The third-order valence-corrected chi connectivity index (χ3v) is 7.09. The van der Waals surface area contributed by atoms with E-state index in [-0.39, 0.29) is 15.8 Å². The average Bonchev–Trinajstić information content (AvgIpc) is 3.25. The molecule has 0 radical (unpaired) electrons. The molecule has 6 nitrogen and oxygen atoms in total. The van der Waals surface area contributed by atoms with Gasteiger partial charge in [-0.25, -0.2) is 13.2 Å². The SMILES string of the molecule is COC(=O)c1sccc1S(=O)(=O)N1CCCC1c1cccn1C. The van der Waals surface area contributed by atoms with Crippen LogP contribution in [-0.4, -0.2) is 36.9 Å². The van der Waals surface area contributed by atoms with Gasteiger partial charge in [-0.05, 0) is 36.4 Å². The summed E-state index contributed by atoms with van der Waals surface area (Å²) in [6.07, 6.45) is 3.48. The summed E-state index contributed by atoms with van der Waals surface area (Å²) in [5.74, 6) is -0.617. The number of ether oxygens (including phenoxy) is 1. The van der Waals surface area contributed by atoms with Crippen LogP contribution >= 0.6 is 11.3 Å². The molecule has 0 N–H and O–H groups in total. The van der Waals surface area contributed by atoms with Crippen LogP contribution in [0.3, 0.4) is 0 Å². The third kappa shape index (κ3) is 2.71. The van der Waals surface area contributed by atoms with Crippen LogP contribution in [0, 0.1) is 0 Å². The molecule has 3 heterocycles. The van der Waals surface area contributed by atoms with Crippen molar-refractivity contribution in [3.63, 3.8) is 0 Å². The number of nitrogens with zero attached hydrogens (tertiary/aromatic N) is 2. The zero-order valence-electron chi connectivity index (χ0n) is 12.9. The number of aromatic nitrogens is 1. The number of aryl methyl sites for hydroxylation is 1. The lowest BCUT2D eigenvalue weighted by molar-refractivity contribution is 0.0602. The summed E-state index contributed by atoms with van der Waals surface area (Å²) in [6.45, 7) is 0.453. The molecule has 0 amide bonds. The molecule has 0 spiro atoms. The van der Waals surface area contributed by atoms with Gasteiger partial charge in [-0.2, -0.15) is 4.31 Å². The fourth-order valence-electron chi connectivity index (χ4n) is 3.01. The van der Waals surface area contributed by atoms with Crippen molar-refractivity contribution < 1.29 is 17.9 Å². The van der Waals surface area contributed by atoms with E-state index in [9.17, 15) is 13.2 Å². The number of methoxy groups -OCH3 is 1.